The second-order valence-corrected chi connectivity index (χ2v) is 5.49. The molecule has 0 amide bonds. The Hall–Kier alpha value is -2.41. The van der Waals surface area contributed by atoms with Gasteiger partial charge in [-0.2, -0.15) is 0 Å². The molecule has 2 heterocycles. The fourth-order valence-electron chi connectivity index (χ4n) is 1.87. The highest BCUT2D eigenvalue weighted by Crippen LogP contribution is 2.25. The summed E-state index contributed by atoms with van der Waals surface area (Å²) >= 11 is 1.32. The van der Waals surface area contributed by atoms with E-state index in [0.717, 1.165) is 23.3 Å². The summed E-state index contributed by atoms with van der Waals surface area (Å²) in [6, 6.07) is 7.21. The molecule has 0 saturated heterocycles. The van der Waals surface area contributed by atoms with Crippen LogP contribution in [0.3, 0.4) is 0 Å². The highest BCUT2D eigenvalue weighted by molar-refractivity contribution is 7.17. The number of nitrogens with zero attached hydrogens (tertiary/aromatic N) is 3. The van der Waals surface area contributed by atoms with Crippen molar-refractivity contribution in [2.75, 3.05) is 0 Å². The number of thiophene rings is 1. The molecule has 7 heteroatoms. The van der Waals surface area contributed by atoms with Crippen molar-refractivity contribution in [3.05, 3.63) is 58.6 Å². The molecule has 4 nitrogen and oxygen atoms in total. The van der Waals surface area contributed by atoms with E-state index in [1.165, 1.54) is 22.1 Å². The third-order valence-corrected chi connectivity index (χ3v) is 3.90. The van der Waals surface area contributed by atoms with Gasteiger partial charge in [-0.1, -0.05) is 11.3 Å². The van der Waals surface area contributed by atoms with E-state index in [1.54, 1.807) is 18.3 Å². The van der Waals surface area contributed by atoms with Gasteiger partial charge in [-0.15, -0.1) is 16.4 Å². The maximum absolute atomic E-state index is 13.1. The lowest BCUT2D eigenvalue weighted by molar-refractivity contribution is 0.112. The van der Waals surface area contributed by atoms with Crippen LogP contribution >= 0.6 is 11.3 Å². The van der Waals surface area contributed by atoms with Gasteiger partial charge in [0.1, 0.15) is 5.69 Å². The van der Waals surface area contributed by atoms with Crippen LogP contribution in [0.4, 0.5) is 8.78 Å². The van der Waals surface area contributed by atoms with Crippen molar-refractivity contribution in [3.8, 4) is 10.6 Å². The first kappa shape index (κ1) is 13.6. The first-order valence-electron chi connectivity index (χ1n) is 6.05. The average Bonchev–Trinajstić information content (AvgIpc) is 3.11. The van der Waals surface area contributed by atoms with Crippen molar-refractivity contribution in [2.45, 2.75) is 6.54 Å². The summed E-state index contributed by atoms with van der Waals surface area (Å²) in [4.78, 5) is 12.1. The molecular weight excluding hydrogens is 296 g/mol. The number of carbonyl (C=O) groups is 1. The number of benzene rings is 1. The second kappa shape index (κ2) is 5.53. The average molecular weight is 305 g/mol. The van der Waals surface area contributed by atoms with Gasteiger partial charge in [-0.25, -0.2) is 13.5 Å². The van der Waals surface area contributed by atoms with Crippen LogP contribution in [0.1, 0.15) is 15.2 Å². The maximum atomic E-state index is 13.1. The molecule has 0 saturated carbocycles. The minimum absolute atomic E-state index is 0.288. The Labute approximate surface area is 122 Å². The smallest absolute Gasteiger partial charge is 0.160 e. The van der Waals surface area contributed by atoms with E-state index in [9.17, 15) is 13.6 Å². The quantitative estimate of drug-likeness (QED) is 0.696. The molecule has 0 N–H and O–H groups in total. The first-order valence-corrected chi connectivity index (χ1v) is 6.87. The van der Waals surface area contributed by atoms with E-state index >= 15 is 0 Å². The lowest BCUT2D eigenvalue weighted by Gasteiger charge is -2.01. The normalized spacial score (nSPS) is 10.8. The Morgan fingerprint density at radius 2 is 2.05 bits per heavy atom. The highest BCUT2D eigenvalue weighted by atomic mass is 32.1. The molecule has 2 aromatic heterocycles. The number of hydrogen-bond acceptors (Lipinski definition) is 4. The van der Waals surface area contributed by atoms with Crippen LogP contribution in [0.25, 0.3) is 10.6 Å². The van der Waals surface area contributed by atoms with Crippen LogP contribution in [-0.4, -0.2) is 21.3 Å². The lowest BCUT2D eigenvalue weighted by Crippen LogP contribution is -2.01. The molecule has 1 aromatic carbocycles. The minimum atomic E-state index is -0.887. The maximum Gasteiger partial charge on any atom is 0.160 e. The minimum Gasteiger partial charge on any atom is -0.297 e. The number of aromatic nitrogens is 3. The predicted molar refractivity (Wildman–Crippen MR) is 74.2 cm³/mol. The van der Waals surface area contributed by atoms with E-state index < -0.39 is 11.6 Å². The predicted octanol–water partition coefficient (Wildman–Crippen LogP) is 3.15. The molecule has 0 unspecified atom stereocenters. The number of aldehydes is 1. The van der Waals surface area contributed by atoms with E-state index in [2.05, 4.69) is 10.3 Å². The van der Waals surface area contributed by atoms with E-state index in [-0.39, 0.29) is 6.54 Å². The number of carbonyl (C=O) groups excluding carboxylic acids is 1. The molecular formula is C14H9F2N3OS. The summed E-state index contributed by atoms with van der Waals surface area (Å²) in [5.41, 5.74) is 1.22. The van der Waals surface area contributed by atoms with Gasteiger partial charge in [0.25, 0.3) is 0 Å². The summed E-state index contributed by atoms with van der Waals surface area (Å²) < 4.78 is 27.5. The van der Waals surface area contributed by atoms with E-state index in [0.29, 0.717) is 16.1 Å². The van der Waals surface area contributed by atoms with Gasteiger partial charge in [0.2, 0.25) is 0 Å². The first-order chi connectivity index (χ1) is 10.2. The summed E-state index contributed by atoms with van der Waals surface area (Å²) in [5, 5.41) is 7.95. The lowest BCUT2D eigenvalue weighted by atomic mass is 10.2. The summed E-state index contributed by atoms with van der Waals surface area (Å²) in [6.45, 7) is 0.288. The third-order valence-electron chi connectivity index (χ3n) is 2.86. The molecule has 21 heavy (non-hydrogen) atoms. The Bertz CT molecular complexity index is 797. The Balaban J connectivity index is 1.81. The van der Waals surface area contributed by atoms with Gasteiger partial charge in [0, 0.05) is 0 Å². The van der Waals surface area contributed by atoms with Crippen molar-refractivity contribution >= 4 is 17.6 Å². The molecule has 106 valence electrons. The number of rotatable bonds is 4. The Morgan fingerprint density at radius 1 is 1.19 bits per heavy atom. The molecule has 0 aliphatic carbocycles. The Morgan fingerprint density at radius 3 is 2.76 bits per heavy atom. The third kappa shape index (κ3) is 2.87. The van der Waals surface area contributed by atoms with Crippen LogP contribution in [0, 0.1) is 11.6 Å². The fraction of sp³-hybridized carbons (Fsp3) is 0.0714. The Kier molecular flexibility index (Phi) is 3.57. The van der Waals surface area contributed by atoms with Crippen molar-refractivity contribution in [3.63, 3.8) is 0 Å². The molecule has 0 aliphatic rings. The standard InChI is InChI=1S/C14H9F2N3OS/c15-11-3-1-9(5-12(11)16)6-19-7-13(17-18-19)14-4-2-10(8-20)21-14/h1-5,7-8H,6H2. The molecule has 0 fully saturated rings. The molecule has 3 rings (SSSR count). The van der Waals surface area contributed by atoms with Crippen LogP contribution in [0.15, 0.2) is 36.5 Å². The van der Waals surface area contributed by atoms with Gasteiger partial charge >= 0.3 is 0 Å². The second-order valence-electron chi connectivity index (χ2n) is 4.37. The molecule has 0 atom stereocenters. The number of hydrogen-bond donors (Lipinski definition) is 0. The molecule has 0 radical (unpaired) electrons. The van der Waals surface area contributed by atoms with Gasteiger partial charge < -0.3 is 0 Å². The van der Waals surface area contributed by atoms with Crippen molar-refractivity contribution < 1.29 is 13.6 Å². The summed E-state index contributed by atoms with van der Waals surface area (Å²) in [7, 11) is 0. The van der Waals surface area contributed by atoms with Crippen LogP contribution < -0.4 is 0 Å². The summed E-state index contributed by atoms with van der Waals surface area (Å²) in [6.07, 6.45) is 2.47. The van der Waals surface area contributed by atoms with Gasteiger partial charge in [-0.05, 0) is 29.8 Å². The van der Waals surface area contributed by atoms with E-state index in [1.807, 2.05) is 0 Å². The van der Waals surface area contributed by atoms with E-state index in [4.69, 9.17) is 0 Å². The zero-order valence-corrected chi connectivity index (χ0v) is 11.5. The molecule has 3 aromatic rings. The zero-order valence-electron chi connectivity index (χ0n) is 10.7. The van der Waals surface area contributed by atoms with Gasteiger partial charge in [-0.3, -0.25) is 4.79 Å². The van der Waals surface area contributed by atoms with Gasteiger partial charge in [0.05, 0.1) is 22.5 Å². The van der Waals surface area contributed by atoms with Crippen molar-refractivity contribution in [1.29, 1.82) is 0 Å². The largest absolute Gasteiger partial charge is 0.297 e. The molecule has 0 spiro atoms. The van der Waals surface area contributed by atoms with Crippen LogP contribution in [0.5, 0.6) is 0 Å². The topological polar surface area (TPSA) is 47.8 Å². The monoisotopic (exact) mass is 305 g/mol. The van der Waals surface area contributed by atoms with Gasteiger partial charge in [0.15, 0.2) is 17.9 Å². The van der Waals surface area contributed by atoms with Crippen molar-refractivity contribution in [1.82, 2.24) is 15.0 Å². The summed E-state index contributed by atoms with van der Waals surface area (Å²) in [5.74, 6) is -1.76. The molecule has 0 bridgehead atoms. The number of halogens is 2. The molecule has 0 aliphatic heterocycles. The highest BCUT2D eigenvalue weighted by Gasteiger charge is 2.08. The SMILES string of the molecule is O=Cc1ccc(-c2cn(Cc3ccc(F)c(F)c3)nn2)s1. The zero-order chi connectivity index (χ0) is 14.8. The fourth-order valence-corrected chi connectivity index (χ4v) is 2.64. The van der Waals surface area contributed by atoms with Crippen LogP contribution in [0.2, 0.25) is 0 Å². The van der Waals surface area contributed by atoms with Crippen molar-refractivity contribution in [2.24, 2.45) is 0 Å². The van der Waals surface area contributed by atoms with Crippen LogP contribution in [-0.2, 0) is 6.54 Å².